The van der Waals surface area contributed by atoms with Crippen molar-refractivity contribution in [3.8, 4) is 0 Å². The molecule has 0 saturated heterocycles. The zero-order valence-corrected chi connectivity index (χ0v) is 17.0. The summed E-state index contributed by atoms with van der Waals surface area (Å²) in [5.41, 5.74) is -2.48. The van der Waals surface area contributed by atoms with Crippen molar-refractivity contribution in [3.05, 3.63) is 23.8 Å². The smallest absolute Gasteiger partial charge is 0.269 e. The molecule has 0 heterocycles. The third kappa shape index (κ3) is 6.80. The van der Waals surface area contributed by atoms with Crippen molar-refractivity contribution in [1.82, 2.24) is 9.62 Å². The Kier molecular flexibility index (Phi) is 9.25. The van der Waals surface area contributed by atoms with Crippen molar-refractivity contribution in [1.29, 1.82) is 0 Å². The standard InChI is InChI=1S/C18H28F3N3O2S/c1-5-8-18(21,6-2)17(25)23-27(26)13-11-14(19)16(15(20)12-13)22-9-7-10-24(3)4/h11-12,22H,5-10H2,1-4H3,(H,23,25). The first-order valence-electron chi connectivity index (χ1n) is 8.94. The molecule has 1 rings (SSSR count). The average Bonchev–Trinajstić information content (AvgIpc) is 2.59. The van der Waals surface area contributed by atoms with Gasteiger partial charge in [-0.1, -0.05) is 20.3 Å². The Bertz CT molecular complexity index is 650. The molecule has 0 aliphatic heterocycles. The Morgan fingerprint density at radius 3 is 2.30 bits per heavy atom. The lowest BCUT2D eigenvalue weighted by molar-refractivity contribution is -0.131. The minimum absolute atomic E-state index is 0.0228. The van der Waals surface area contributed by atoms with E-state index in [1.165, 1.54) is 6.92 Å². The number of anilines is 1. The van der Waals surface area contributed by atoms with Crippen LogP contribution in [0.1, 0.15) is 39.5 Å². The number of carbonyl (C=O) groups is 1. The summed E-state index contributed by atoms with van der Waals surface area (Å²) in [5, 5.41) is 2.67. The normalized spacial score (nSPS) is 14.7. The Hall–Kier alpha value is -1.61. The number of amides is 1. The maximum atomic E-state index is 14.5. The van der Waals surface area contributed by atoms with Gasteiger partial charge >= 0.3 is 0 Å². The van der Waals surface area contributed by atoms with Crippen LogP contribution in [0.15, 0.2) is 17.0 Å². The van der Waals surface area contributed by atoms with E-state index in [9.17, 15) is 22.2 Å². The van der Waals surface area contributed by atoms with E-state index in [0.29, 0.717) is 19.4 Å². The Labute approximate surface area is 161 Å². The molecule has 1 aromatic carbocycles. The fourth-order valence-corrected chi connectivity index (χ4v) is 3.41. The second kappa shape index (κ2) is 10.7. The van der Waals surface area contributed by atoms with Crippen molar-refractivity contribution in [3.63, 3.8) is 0 Å². The van der Waals surface area contributed by atoms with Gasteiger partial charge in [-0.05, 0) is 52.0 Å². The second-order valence-corrected chi connectivity index (χ2v) is 7.83. The summed E-state index contributed by atoms with van der Waals surface area (Å²) in [5.74, 6) is -2.89. The molecule has 2 atom stereocenters. The molecule has 27 heavy (non-hydrogen) atoms. The molecule has 2 unspecified atom stereocenters. The Balaban J connectivity index is 2.83. The van der Waals surface area contributed by atoms with Crippen LogP contribution in [0.3, 0.4) is 0 Å². The van der Waals surface area contributed by atoms with Crippen LogP contribution in [-0.2, 0) is 15.8 Å². The number of hydrogen-bond donors (Lipinski definition) is 2. The van der Waals surface area contributed by atoms with E-state index < -0.39 is 34.2 Å². The maximum Gasteiger partial charge on any atom is 0.269 e. The summed E-state index contributed by atoms with van der Waals surface area (Å²) < 4.78 is 57.1. The van der Waals surface area contributed by atoms with Gasteiger partial charge in [0, 0.05) is 6.54 Å². The molecule has 0 saturated carbocycles. The van der Waals surface area contributed by atoms with Gasteiger partial charge in [-0.3, -0.25) is 9.52 Å². The van der Waals surface area contributed by atoms with Gasteiger partial charge in [-0.15, -0.1) is 0 Å². The number of benzene rings is 1. The zero-order valence-electron chi connectivity index (χ0n) is 16.2. The molecule has 1 aromatic rings. The number of hydrogen-bond acceptors (Lipinski definition) is 4. The number of nitrogens with zero attached hydrogens (tertiary/aromatic N) is 1. The summed E-state index contributed by atoms with van der Waals surface area (Å²) >= 11 is 0. The van der Waals surface area contributed by atoms with Gasteiger partial charge in [0.1, 0.15) is 5.69 Å². The number of alkyl halides is 1. The van der Waals surface area contributed by atoms with Crippen molar-refractivity contribution in [2.75, 3.05) is 32.5 Å². The first-order chi connectivity index (χ1) is 12.6. The molecule has 0 spiro atoms. The van der Waals surface area contributed by atoms with Crippen molar-refractivity contribution >= 4 is 22.6 Å². The Morgan fingerprint density at radius 1 is 1.22 bits per heavy atom. The molecular formula is C18H28F3N3O2S. The van der Waals surface area contributed by atoms with E-state index in [2.05, 4.69) is 5.32 Å². The average molecular weight is 408 g/mol. The molecule has 0 aliphatic carbocycles. The molecule has 0 radical (unpaired) electrons. The molecule has 0 aliphatic rings. The fraction of sp³-hybridized carbons (Fsp3) is 0.611. The van der Waals surface area contributed by atoms with Crippen LogP contribution >= 0.6 is 0 Å². The van der Waals surface area contributed by atoms with Crippen molar-refractivity contribution in [2.24, 2.45) is 0 Å². The lowest BCUT2D eigenvalue weighted by Gasteiger charge is -2.21. The highest BCUT2D eigenvalue weighted by Crippen LogP contribution is 2.25. The van der Waals surface area contributed by atoms with Gasteiger partial charge in [0.15, 0.2) is 28.3 Å². The van der Waals surface area contributed by atoms with E-state index >= 15 is 0 Å². The number of halogens is 3. The Morgan fingerprint density at radius 2 is 1.81 bits per heavy atom. The van der Waals surface area contributed by atoms with E-state index in [-0.39, 0.29) is 23.4 Å². The number of carbonyl (C=O) groups excluding carboxylic acids is 1. The lowest BCUT2D eigenvalue weighted by atomic mass is 9.96. The number of nitrogens with one attached hydrogen (secondary N) is 2. The van der Waals surface area contributed by atoms with Gasteiger partial charge in [0.2, 0.25) is 0 Å². The maximum absolute atomic E-state index is 14.5. The van der Waals surface area contributed by atoms with Gasteiger partial charge in [0.05, 0.1) is 4.90 Å². The topological polar surface area (TPSA) is 61.4 Å². The molecule has 1 amide bonds. The van der Waals surface area contributed by atoms with Crippen molar-refractivity contribution in [2.45, 2.75) is 50.1 Å². The summed E-state index contributed by atoms with van der Waals surface area (Å²) in [4.78, 5) is 13.7. The van der Waals surface area contributed by atoms with Crippen LogP contribution in [0.4, 0.5) is 18.9 Å². The molecule has 0 aromatic heterocycles. The van der Waals surface area contributed by atoms with E-state index in [1.54, 1.807) is 6.92 Å². The van der Waals surface area contributed by atoms with Gasteiger partial charge in [0.25, 0.3) is 5.91 Å². The fourth-order valence-electron chi connectivity index (χ4n) is 2.52. The molecule has 0 fully saturated rings. The minimum Gasteiger partial charge on any atom is -0.380 e. The monoisotopic (exact) mass is 407 g/mol. The van der Waals surface area contributed by atoms with Crippen molar-refractivity contribution < 1.29 is 22.2 Å². The molecule has 9 heteroatoms. The third-order valence-corrected chi connectivity index (χ3v) is 5.15. The first kappa shape index (κ1) is 23.4. The first-order valence-corrected chi connectivity index (χ1v) is 10.1. The molecule has 5 nitrogen and oxygen atoms in total. The van der Waals surface area contributed by atoms with Gasteiger partial charge < -0.3 is 10.2 Å². The van der Waals surface area contributed by atoms with Crippen LogP contribution in [0.5, 0.6) is 0 Å². The third-order valence-electron chi connectivity index (χ3n) is 4.11. The molecule has 2 N–H and O–H groups in total. The molecule has 154 valence electrons. The zero-order chi connectivity index (χ0) is 20.6. The van der Waals surface area contributed by atoms with Gasteiger partial charge in [-0.2, -0.15) is 0 Å². The van der Waals surface area contributed by atoms with Crippen LogP contribution in [-0.4, -0.2) is 47.9 Å². The summed E-state index contributed by atoms with van der Waals surface area (Å²) in [7, 11) is 1.53. The second-order valence-electron chi connectivity index (χ2n) is 6.61. The molecule has 0 bridgehead atoms. The summed E-state index contributed by atoms with van der Waals surface area (Å²) in [6, 6.07) is 1.75. The van der Waals surface area contributed by atoms with E-state index in [1.807, 2.05) is 23.7 Å². The predicted octanol–water partition coefficient (Wildman–Crippen LogP) is 3.39. The SMILES string of the molecule is CCCC(F)(CC)C(=O)NS(=O)c1cc(F)c(NCCCN(C)C)c(F)c1. The van der Waals surface area contributed by atoms with E-state index in [0.717, 1.165) is 18.7 Å². The number of rotatable bonds is 11. The predicted molar refractivity (Wildman–Crippen MR) is 102 cm³/mol. The van der Waals surface area contributed by atoms with Crippen LogP contribution in [0.2, 0.25) is 0 Å². The van der Waals surface area contributed by atoms with Gasteiger partial charge in [-0.25, -0.2) is 17.4 Å². The van der Waals surface area contributed by atoms with Crippen LogP contribution in [0.25, 0.3) is 0 Å². The highest BCUT2D eigenvalue weighted by atomic mass is 32.2. The summed E-state index contributed by atoms with van der Waals surface area (Å²) in [6.45, 7) is 4.35. The van der Waals surface area contributed by atoms with E-state index in [4.69, 9.17) is 0 Å². The quantitative estimate of drug-likeness (QED) is 0.552. The largest absolute Gasteiger partial charge is 0.380 e. The minimum atomic E-state index is -2.26. The van der Waals surface area contributed by atoms with Crippen LogP contribution < -0.4 is 10.0 Å². The highest BCUT2D eigenvalue weighted by molar-refractivity contribution is 7.83. The summed E-state index contributed by atoms with van der Waals surface area (Å²) in [6.07, 6.45) is 1.01. The highest BCUT2D eigenvalue weighted by Gasteiger charge is 2.36. The van der Waals surface area contributed by atoms with Crippen LogP contribution in [0, 0.1) is 11.6 Å². The molecular weight excluding hydrogens is 379 g/mol. The lowest BCUT2D eigenvalue weighted by Crippen LogP contribution is -2.43.